The Hall–Kier alpha value is -1.98. The topological polar surface area (TPSA) is 46.6 Å². The van der Waals surface area contributed by atoms with Gasteiger partial charge in [0.2, 0.25) is 0 Å². The summed E-state index contributed by atoms with van der Waals surface area (Å²) in [5, 5.41) is 0. The van der Waals surface area contributed by atoms with Crippen molar-refractivity contribution >= 4 is 11.9 Å². The van der Waals surface area contributed by atoms with Crippen molar-refractivity contribution in [3.05, 3.63) is 35.4 Å². The van der Waals surface area contributed by atoms with Crippen LogP contribution in [0.3, 0.4) is 0 Å². The molecule has 0 N–H and O–H groups in total. The van der Waals surface area contributed by atoms with E-state index < -0.39 is 35.1 Å². The first-order valence-electron chi connectivity index (χ1n) is 11.5. The van der Waals surface area contributed by atoms with E-state index in [2.05, 4.69) is 6.92 Å². The molecular formula is C24H35F2NO3. The Labute approximate surface area is 179 Å². The summed E-state index contributed by atoms with van der Waals surface area (Å²) in [7, 11) is 0. The third-order valence-corrected chi connectivity index (χ3v) is 5.70. The molecular weight excluding hydrogens is 388 g/mol. The summed E-state index contributed by atoms with van der Waals surface area (Å²) < 4.78 is 33.2. The van der Waals surface area contributed by atoms with Crippen LogP contribution >= 0.6 is 0 Å². The molecule has 1 unspecified atom stereocenters. The Morgan fingerprint density at radius 2 is 1.53 bits per heavy atom. The standard InChI is InChI=1S/C24H35F2NO3/c1-2-3-4-5-6-7-8-9-10-11-18-30-24(29)21-16-13-17-27(21)23(28)22-19(25)14-12-15-20(22)26/h12,14-15,21H,2-11,13,16-18H2,1H3. The molecule has 1 saturated heterocycles. The van der Waals surface area contributed by atoms with E-state index in [0.717, 1.165) is 31.4 Å². The fourth-order valence-corrected chi connectivity index (χ4v) is 3.96. The number of ether oxygens (including phenoxy) is 1. The maximum absolute atomic E-state index is 13.9. The normalized spacial score (nSPS) is 16.1. The molecule has 6 heteroatoms. The van der Waals surface area contributed by atoms with Crippen molar-refractivity contribution < 1.29 is 23.1 Å². The number of esters is 1. The zero-order valence-electron chi connectivity index (χ0n) is 18.1. The number of carbonyl (C=O) groups is 2. The molecule has 1 aliphatic rings. The van der Waals surface area contributed by atoms with Crippen molar-refractivity contribution in [2.75, 3.05) is 13.2 Å². The van der Waals surface area contributed by atoms with E-state index >= 15 is 0 Å². The Kier molecular flexibility index (Phi) is 10.8. The summed E-state index contributed by atoms with van der Waals surface area (Å²) in [5.74, 6) is -3.09. The molecule has 0 radical (unpaired) electrons. The summed E-state index contributed by atoms with van der Waals surface area (Å²) in [6.07, 6.45) is 13.0. The van der Waals surface area contributed by atoms with E-state index in [1.165, 1.54) is 55.9 Å². The van der Waals surface area contributed by atoms with Gasteiger partial charge < -0.3 is 9.64 Å². The minimum absolute atomic E-state index is 0.296. The second-order valence-corrected chi connectivity index (χ2v) is 8.10. The van der Waals surface area contributed by atoms with Crippen LogP contribution in [0.15, 0.2) is 18.2 Å². The van der Waals surface area contributed by atoms with E-state index in [1.54, 1.807) is 0 Å². The van der Waals surface area contributed by atoms with E-state index in [4.69, 9.17) is 4.74 Å². The Bertz CT molecular complexity index is 660. The minimum atomic E-state index is -0.913. The number of hydrogen-bond acceptors (Lipinski definition) is 3. The molecule has 168 valence electrons. The van der Waals surface area contributed by atoms with Gasteiger partial charge in [0.25, 0.3) is 5.91 Å². The molecule has 4 nitrogen and oxygen atoms in total. The monoisotopic (exact) mass is 423 g/mol. The lowest BCUT2D eigenvalue weighted by molar-refractivity contribution is -0.148. The first kappa shape index (κ1) is 24.3. The van der Waals surface area contributed by atoms with Gasteiger partial charge in [-0.3, -0.25) is 4.79 Å². The van der Waals surface area contributed by atoms with Gasteiger partial charge in [-0.2, -0.15) is 0 Å². The Balaban J connectivity index is 1.67. The maximum atomic E-state index is 13.9. The SMILES string of the molecule is CCCCCCCCCCCCOC(=O)C1CCCN1C(=O)c1c(F)cccc1F. The van der Waals surface area contributed by atoms with Crippen molar-refractivity contribution in [1.29, 1.82) is 0 Å². The molecule has 1 aromatic rings. The van der Waals surface area contributed by atoms with Gasteiger partial charge in [0.1, 0.15) is 23.2 Å². The molecule has 1 fully saturated rings. The highest BCUT2D eigenvalue weighted by molar-refractivity contribution is 5.97. The van der Waals surface area contributed by atoms with Gasteiger partial charge in [-0.1, -0.05) is 70.8 Å². The Morgan fingerprint density at radius 3 is 2.13 bits per heavy atom. The van der Waals surface area contributed by atoms with Crippen LogP contribution in [0.1, 0.15) is 94.3 Å². The number of carbonyl (C=O) groups excluding carboxylic acids is 2. The predicted molar refractivity (Wildman–Crippen MR) is 113 cm³/mol. The number of amides is 1. The van der Waals surface area contributed by atoms with Crippen LogP contribution in [0.25, 0.3) is 0 Å². The quantitative estimate of drug-likeness (QED) is 0.287. The van der Waals surface area contributed by atoms with E-state index in [-0.39, 0.29) is 0 Å². The van der Waals surface area contributed by atoms with Crippen LogP contribution in [0.2, 0.25) is 0 Å². The molecule has 30 heavy (non-hydrogen) atoms. The average Bonchev–Trinajstić information content (AvgIpc) is 3.21. The molecule has 1 aromatic carbocycles. The molecule has 0 saturated carbocycles. The van der Waals surface area contributed by atoms with Gasteiger partial charge >= 0.3 is 5.97 Å². The van der Waals surface area contributed by atoms with E-state index in [1.807, 2.05) is 0 Å². The van der Waals surface area contributed by atoms with Gasteiger partial charge in [-0.25, -0.2) is 13.6 Å². The lowest BCUT2D eigenvalue weighted by atomic mass is 10.1. The zero-order chi connectivity index (χ0) is 21.8. The van der Waals surface area contributed by atoms with Crippen molar-refractivity contribution in [2.45, 2.75) is 90.0 Å². The van der Waals surface area contributed by atoms with Crippen LogP contribution < -0.4 is 0 Å². The lowest BCUT2D eigenvalue weighted by Crippen LogP contribution is -2.42. The smallest absolute Gasteiger partial charge is 0.328 e. The van der Waals surface area contributed by atoms with Crippen LogP contribution in [-0.4, -0.2) is 36.0 Å². The van der Waals surface area contributed by atoms with Gasteiger partial charge in [-0.15, -0.1) is 0 Å². The second kappa shape index (κ2) is 13.3. The number of likely N-dealkylation sites (tertiary alicyclic amines) is 1. The third-order valence-electron chi connectivity index (χ3n) is 5.70. The summed E-state index contributed by atoms with van der Waals surface area (Å²) in [6, 6.07) is 2.54. The van der Waals surface area contributed by atoms with Crippen LogP contribution in [0.5, 0.6) is 0 Å². The predicted octanol–water partition coefficient (Wildman–Crippen LogP) is 6.03. The zero-order valence-corrected chi connectivity index (χ0v) is 18.1. The number of nitrogens with zero attached hydrogens (tertiary/aromatic N) is 1. The van der Waals surface area contributed by atoms with Gasteiger partial charge in [-0.05, 0) is 31.4 Å². The van der Waals surface area contributed by atoms with E-state index in [0.29, 0.717) is 26.0 Å². The number of rotatable bonds is 13. The highest BCUT2D eigenvalue weighted by Gasteiger charge is 2.37. The molecule has 1 aliphatic heterocycles. The van der Waals surface area contributed by atoms with Crippen molar-refractivity contribution in [1.82, 2.24) is 4.90 Å². The first-order chi connectivity index (χ1) is 14.6. The summed E-state index contributed by atoms with van der Waals surface area (Å²) >= 11 is 0. The minimum Gasteiger partial charge on any atom is -0.464 e. The molecule has 1 heterocycles. The molecule has 0 aliphatic carbocycles. The third kappa shape index (κ3) is 7.37. The lowest BCUT2D eigenvalue weighted by Gasteiger charge is -2.23. The maximum Gasteiger partial charge on any atom is 0.328 e. The number of unbranched alkanes of at least 4 members (excludes halogenated alkanes) is 9. The molecule has 0 spiro atoms. The fourth-order valence-electron chi connectivity index (χ4n) is 3.96. The number of halogens is 2. The van der Waals surface area contributed by atoms with Crippen LogP contribution in [0.4, 0.5) is 8.78 Å². The Morgan fingerprint density at radius 1 is 0.967 bits per heavy atom. The largest absolute Gasteiger partial charge is 0.464 e. The first-order valence-corrected chi connectivity index (χ1v) is 11.5. The average molecular weight is 424 g/mol. The fraction of sp³-hybridized carbons (Fsp3) is 0.667. The van der Waals surface area contributed by atoms with Crippen LogP contribution in [0, 0.1) is 11.6 Å². The summed E-state index contributed by atoms with van der Waals surface area (Å²) in [4.78, 5) is 26.3. The van der Waals surface area contributed by atoms with Crippen molar-refractivity contribution in [3.8, 4) is 0 Å². The summed E-state index contributed by atoms with van der Waals surface area (Å²) in [5.41, 5.74) is -0.605. The van der Waals surface area contributed by atoms with Crippen molar-refractivity contribution in [2.24, 2.45) is 0 Å². The molecule has 0 bridgehead atoms. The molecule has 1 amide bonds. The number of benzene rings is 1. The summed E-state index contributed by atoms with van der Waals surface area (Å²) in [6.45, 7) is 2.84. The second-order valence-electron chi connectivity index (χ2n) is 8.10. The van der Waals surface area contributed by atoms with Gasteiger partial charge in [0.05, 0.1) is 6.61 Å². The highest BCUT2D eigenvalue weighted by Crippen LogP contribution is 2.24. The van der Waals surface area contributed by atoms with Crippen molar-refractivity contribution in [3.63, 3.8) is 0 Å². The van der Waals surface area contributed by atoms with Gasteiger partial charge in [0, 0.05) is 6.54 Å². The number of hydrogen-bond donors (Lipinski definition) is 0. The van der Waals surface area contributed by atoms with Gasteiger partial charge in [0.15, 0.2) is 0 Å². The molecule has 2 rings (SSSR count). The molecule has 0 aromatic heterocycles. The van der Waals surface area contributed by atoms with E-state index in [9.17, 15) is 18.4 Å². The highest BCUT2D eigenvalue weighted by atomic mass is 19.1. The molecule has 1 atom stereocenters. The van der Waals surface area contributed by atoms with Crippen LogP contribution in [-0.2, 0) is 9.53 Å².